The molecule has 2 atom stereocenters. The molecule has 0 saturated heterocycles. The number of hydrazone groups is 1. The largest absolute Gasteiger partial charge is 0.288 e. The lowest BCUT2D eigenvalue weighted by Gasteiger charge is -2.34. The van der Waals surface area contributed by atoms with Crippen molar-refractivity contribution in [2.24, 2.45) is 16.9 Å². The van der Waals surface area contributed by atoms with Gasteiger partial charge in [0, 0.05) is 18.7 Å². The minimum absolute atomic E-state index is 0.267. The molecule has 2 unspecified atom stereocenters. The first-order valence-electron chi connectivity index (χ1n) is 11.5. The normalized spacial score (nSPS) is 26.3. The van der Waals surface area contributed by atoms with Crippen molar-refractivity contribution in [3.8, 4) is 6.07 Å². The van der Waals surface area contributed by atoms with Crippen LogP contribution in [0.2, 0.25) is 0 Å². The molecule has 4 rings (SSSR count). The van der Waals surface area contributed by atoms with E-state index in [2.05, 4.69) is 79.5 Å². The molecule has 0 aromatic heterocycles. The minimum Gasteiger partial charge on any atom is -0.288 e. The molecule has 30 heavy (non-hydrogen) atoms. The summed E-state index contributed by atoms with van der Waals surface area (Å²) >= 11 is 0. The average molecular weight is 400 g/mol. The Balaban J connectivity index is 1.54. The lowest BCUT2D eigenvalue weighted by atomic mass is 9.79. The van der Waals surface area contributed by atoms with Crippen LogP contribution in [0.15, 0.2) is 59.7 Å². The maximum atomic E-state index is 8.87. The smallest absolute Gasteiger partial charge is 0.0841 e. The van der Waals surface area contributed by atoms with E-state index >= 15 is 0 Å². The molecule has 2 aliphatic rings. The second-order valence-electron chi connectivity index (χ2n) is 9.19. The second-order valence-corrected chi connectivity index (χ2v) is 9.19. The quantitative estimate of drug-likeness (QED) is 0.547. The van der Waals surface area contributed by atoms with Crippen molar-refractivity contribution in [1.29, 1.82) is 5.26 Å². The van der Waals surface area contributed by atoms with E-state index < -0.39 is 0 Å². The van der Waals surface area contributed by atoms with E-state index in [0.29, 0.717) is 18.3 Å². The van der Waals surface area contributed by atoms with Crippen LogP contribution in [0.25, 0.3) is 0 Å². The van der Waals surface area contributed by atoms with Crippen LogP contribution in [-0.2, 0) is 0 Å². The van der Waals surface area contributed by atoms with E-state index in [-0.39, 0.29) is 6.04 Å². The van der Waals surface area contributed by atoms with Gasteiger partial charge in [-0.1, -0.05) is 73.0 Å². The molecule has 0 radical (unpaired) electrons. The van der Waals surface area contributed by atoms with Crippen molar-refractivity contribution in [2.75, 3.05) is 6.54 Å². The van der Waals surface area contributed by atoms with Gasteiger partial charge in [-0.25, -0.2) is 0 Å². The summed E-state index contributed by atoms with van der Waals surface area (Å²) in [6, 6.07) is 22.4. The molecule has 0 bridgehead atoms. The Hall–Kier alpha value is -2.60. The van der Waals surface area contributed by atoms with Gasteiger partial charge in [0.05, 0.1) is 18.0 Å². The maximum Gasteiger partial charge on any atom is 0.0841 e. The molecule has 2 aromatic carbocycles. The van der Waals surface area contributed by atoms with Crippen molar-refractivity contribution in [1.82, 2.24) is 5.01 Å². The Morgan fingerprint density at radius 1 is 0.933 bits per heavy atom. The molecule has 3 heteroatoms. The van der Waals surface area contributed by atoms with Gasteiger partial charge in [0.15, 0.2) is 0 Å². The van der Waals surface area contributed by atoms with Gasteiger partial charge in [-0.3, -0.25) is 5.01 Å². The summed E-state index contributed by atoms with van der Waals surface area (Å²) in [6.45, 7) is 5.40. The lowest BCUT2D eigenvalue weighted by molar-refractivity contribution is 0.149. The zero-order valence-corrected chi connectivity index (χ0v) is 18.3. The van der Waals surface area contributed by atoms with Crippen molar-refractivity contribution < 1.29 is 0 Å². The van der Waals surface area contributed by atoms with Gasteiger partial charge < -0.3 is 0 Å². The van der Waals surface area contributed by atoms with Crippen molar-refractivity contribution in [2.45, 2.75) is 64.3 Å². The van der Waals surface area contributed by atoms with Crippen LogP contribution in [0.1, 0.15) is 74.1 Å². The van der Waals surface area contributed by atoms with E-state index in [1.807, 2.05) is 0 Å². The molecule has 3 nitrogen and oxygen atoms in total. The third-order valence-corrected chi connectivity index (χ3v) is 6.99. The molecule has 1 aliphatic heterocycles. The number of benzene rings is 2. The van der Waals surface area contributed by atoms with Gasteiger partial charge >= 0.3 is 0 Å². The minimum atomic E-state index is 0.267. The first kappa shape index (κ1) is 20.7. The van der Waals surface area contributed by atoms with Crippen LogP contribution in [-0.4, -0.2) is 17.3 Å². The van der Waals surface area contributed by atoms with E-state index in [4.69, 9.17) is 10.4 Å². The standard InChI is InChI=1S/C27H33N3/c1-20-8-6-12-25(18-20)27-26(24-10-4-3-5-11-24)21(2)29-30(27)19-23-15-13-22(14-16-23)9-7-17-28/h3-6,8,10-12,18,22-23,26-27H,7,9,13-16,19H2,1-2H3. The van der Waals surface area contributed by atoms with E-state index in [0.717, 1.165) is 18.9 Å². The van der Waals surface area contributed by atoms with Gasteiger partial charge in [-0.15, -0.1) is 0 Å². The molecule has 156 valence electrons. The van der Waals surface area contributed by atoms with Gasteiger partial charge in [0.2, 0.25) is 0 Å². The van der Waals surface area contributed by atoms with Crippen LogP contribution in [0.4, 0.5) is 0 Å². The molecule has 0 spiro atoms. The third-order valence-electron chi connectivity index (χ3n) is 6.99. The fourth-order valence-electron chi connectivity index (χ4n) is 5.42. The number of hydrogen-bond acceptors (Lipinski definition) is 3. The third kappa shape index (κ3) is 4.59. The first-order valence-corrected chi connectivity index (χ1v) is 11.5. The predicted octanol–water partition coefficient (Wildman–Crippen LogP) is 6.62. The highest BCUT2D eigenvalue weighted by atomic mass is 15.5. The summed E-state index contributed by atoms with van der Waals surface area (Å²) in [4.78, 5) is 0. The summed E-state index contributed by atoms with van der Waals surface area (Å²) in [5.41, 5.74) is 5.25. The van der Waals surface area contributed by atoms with E-state index in [1.165, 1.54) is 48.1 Å². The molecule has 1 saturated carbocycles. The first-order chi connectivity index (χ1) is 14.7. The fourth-order valence-corrected chi connectivity index (χ4v) is 5.42. The molecular weight excluding hydrogens is 366 g/mol. The van der Waals surface area contributed by atoms with Crippen molar-refractivity contribution in [3.05, 3.63) is 71.3 Å². The number of nitriles is 1. The zero-order chi connectivity index (χ0) is 20.9. The summed E-state index contributed by atoms with van der Waals surface area (Å²) in [7, 11) is 0. The summed E-state index contributed by atoms with van der Waals surface area (Å²) in [5.74, 6) is 1.75. The average Bonchev–Trinajstić information content (AvgIpc) is 3.09. The fraction of sp³-hybridized carbons (Fsp3) is 0.481. The number of rotatable bonds is 6. The highest BCUT2D eigenvalue weighted by Crippen LogP contribution is 2.43. The summed E-state index contributed by atoms with van der Waals surface area (Å²) in [6.07, 6.45) is 6.83. The molecule has 1 fully saturated rings. The SMILES string of the molecule is CC1=NN(CC2CCC(CCC#N)CC2)C(c2cccc(C)c2)C1c1ccccc1. The highest BCUT2D eigenvalue weighted by Gasteiger charge is 2.38. The Morgan fingerprint density at radius 3 is 2.33 bits per heavy atom. The van der Waals surface area contributed by atoms with Crippen LogP contribution in [0, 0.1) is 30.1 Å². The molecular formula is C27H33N3. The van der Waals surface area contributed by atoms with Crippen LogP contribution in [0.5, 0.6) is 0 Å². The van der Waals surface area contributed by atoms with Crippen LogP contribution < -0.4 is 0 Å². The molecule has 2 aromatic rings. The number of aryl methyl sites for hydroxylation is 1. The zero-order valence-electron chi connectivity index (χ0n) is 18.3. The number of nitrogens with zero attached hydrogens (tertiary/aromatic N) is 3. The van der Waals surface area contributed by atoms with Gasteiger partial charge in [0.25, 0.3) is 0 Å². The molecule has 1 heterocycles. The highest BCUT2D eigenvalue weighted by molar-refractivity contribution is 5.91. The Morgan fingerprint density at radius 2 is 1.63 bits per heavy atom. The van der Waals surface area contributed by atoms with E-state index in [9.17, 15) is 0 Å². The second kappa shape index (κ2) is 9.47. The van der Waals surface area contributed by atoms with Gasteiger partial charge in [-0.05, 0) is 56.1 Å². The van der Waals surface area contributed by atoms with Crippen LogP contribution in [0.3, 0.4) is 0 Å². The maximum absolute atomic E-state index is 8.87. The van der Waals surface area contributed by atoms with Crippen molar-refractivity contribution >= 4 is 5.71 Å². The van der Waals surface area contributed by atoms with E-state index in [1.54, 1.807) is 0 Å². The topological polar surface area (TPSA) is 39.4 Å². The molecule has 0 N–H and O–H groups in total. The number of hydrogen-bond donors (Lipinski definition) is 0. The van der Waals surface area contributed by atoms with Crippen LogP contribution >= 0.6 is 0 Å². The lowest BCUT2D eigenvalue weighted by Crippen LogP contribution is -2.31. The Kier molecular flexibility index (Phi) is 6.53. The molecule has 0 amide bonds. The molecule has 1 aliphatic carbocycles. The monoisotopic (exact) mass is 399 g/mol. The Labute approximate surface area is 181 Å². The van der Waals surface area contributed by atoms with Crippen molar-refractivity contribution in [3.63, 3.8) is 0 Å². The summed E-state index contributed by atoms with van der Waals surface area (Å²) in [5, 5.41) is 16.4. The predicted molar refractivity (Wildman–Crippen MR) is 123 cm³/mol. The Bertz CT molecular complexity index is 903. The summed E-state index contributed by atoms with van der Waals surface area (Å²) < 4.78 is 0. The van der Waals surface area contributed by atoms with Gasteiger partial charge in [0.1, 0.15) is 0 Å². The van der Waals surface area contributed by atoms with Gasteiger partial charge in [-0.2, -0.15) is 10.4 Å².